The monoisotopic (exact) mass is 287 g/mol. The number of alkyl halides is 1. The summed E-state index contributed by atoms with van der Waals surface area (Å²) in [6.45, 7) is 0. The minimum atomic E-state index is -1.20. The number of halogens is 3. The molecular formula is C14H16ClF2NO. The van der Waals surface area contributed by atoms with Gasteiger partial charge in [0.25, 0.3) is 0 Å². The molecule has 0 radical (unpaired) electrons. The predicted octanol–water partition coefficient (Wildman–Crippen LogP) is 3.69. The standard InChI is InChI=1S/C14H16ClF2NO/c15-12(10-7-4-8-11(16)13(10)17)14(19)18-9-5-2-1-3-6-9/h4,7-9,12H,1-3,5-6H2,(H,18,19). The van der Waals surface area contributed by atoms with Crippen LogP contribution >= 0.6 is 11.6 Å². The zero-order valence-electron chi connectivity index (χ0n) is 10.5. The number of benzene rings is 1. The average molecular weight is 288 g/mol. The maximum Gasteiger partial charge on any atom is 0.242 e. The number of carbonyl (C=O) groups excluding carboxylic acids is 1. The molecule has 2 rings (SSSR count). The quantitative estimate of drug-likeness (QED) is 0.844. The van der Waals surface area contributed by atoms with Gasteiger partial charge in [-0.15, -0.1) is 11.6 Å². The lowest BCUT2D eigenvalue weighted by molar-refractivity contribution is -0.121. The number of hydrogen-bond acceptors (Lipinski definition) is 1. The van der Waals surface area contributed by atoms with Crippen LogP contribution in [-0.4, -0.2) is 11.9 Å². The van der Waals surface area contributed by atoms with Gasteiger partial charge >= 0.3 is 0 Å². The van der Waals surface area contributed by atoms with Crippen molar-refractivity contribution in [2.45, 2.75) is 43.5 Å². The summed E-state index contributed by atoms with van der Waals surface area (Å²) >= 11 is 5.93. The van der Waals surface area contributed by atoms with Crippen LogP contribution in [0.4, 0.5) is 8.78 Å². The van der Waals surface area contributed by atoms with Crippen LogP contribution in [0.1, 0.15) is 43.0 Å². The molecule has 0 spiro atoms. The molecule has 1 atom stereocenters. The van der Waals surface area contributed by atoms with Gasteiger partial charge in [-0.25, -0.2) is 8.78 Å². The Labute approximate surface area is 116 Å². The fourth-order valence-corrected chi connectivity index (χ4v) is 2.61. The van der Waals surface area contributed by atoms with Gasteiger partial charge in [0.05, 0.1) is 0 Å². The van der Waals surface area contributed by atoms with Crippen LogP contribution in [0.5, 0.6) is 0 Å². The van der Waals surface area contributed by atoms with Gasteiger partial charge in [0.15, 0.2) is 11.6 Å². The molecule has 0 heterocycles. The molecule has 0 saturated heterocycles. The summed E-state index contributed by atoms with van der Waals surface area (Å²) in [5.41, 5.74) is -0.116. The van der Waals surface area contributed by atoms with Crippen LogP contribution < -0.4 is 5.32 Å². The van der Waals surface area contributed by atoms with Gasteiger partial charge < -0.3 is 5.32 Å². The summed E-state index contributed by atoms with van der Waals surface area (Å²) in [7, 11) is 0. The van der Waals surface area contributed by atoms with E-state index in [0.717, 1.165) is 31.7 Å². The van der Waals surface area contributed by atoms with Crippen molar-refractivity contribution in [3.8, 4) is 0 Å². The van der Waals surface area contributed by atoms with E-state index in [-0.39, 0.29) is 11.6 Å². The molecule has 1 aromatic carbocycles. The highest BCUT2D eigenvalue weighted by Gasteiger charge is 2.25. The smallest absolute Gasteiger partial charge is 0.242 e. The second-order valence-electron chi connectivity index (χ2n) is 4.85. The molecule has 2 nitrogen and oxygen atoms in total. The van der Waals surface area contributed by atoms with Crippen molar-refractivity contribution in [2.75, 3.05) is 0 Å². The summed E-state index contributed by atoms with van der Waals surface area (Å²) in [6.07, 6.45) is 5.16. The van der Waals surface area contributed by atoms with Crippen LogP contribution in [0.2, 0.25) is 0 Å². The molecular weight excluding hydrogens is 272 g/mol. The van der Waals surface area contributed by atoms with Crippen molar-refractivity contribution in [2.24, 2.45) is 0 Å². The molecule has 0 aromatic heterocycles. The van der Waals surface area contributed by atoms with E-state index in [1.165, 1.54) is 18.6 Å². The number of rotatable bonds is 3. The van der Waals surface area contributed by atoms with Gasteiger partial charge in [-0.2, -0.15) is 0 Å². The summed E-state index contributed by atoms with van der Waals surface area (Å²) in [6, 6.07) is 3.77. The number of amides is 1. The SMILES string of the molecule is O=C(NC1CCCCC1)C(Cl)c1cccc(F)c1F. The molecule has 1 aliphatic carbocycles. The summed E-state index contributed by atoms with van der Waals surface area (Å²) in [4.78, 5) is 11.9. The van der Waals surface area contributed by atoms with E-state index in [0.29, 0.717) is 0 Å². The van der Waals surface area contributed by atoms with Gasteiger partial charge in [0, 0.05) is 11.6 Å². The Morgan fingerprint density at radius 2 is 1.95 bits per heavy atom. The first-order chi connectivity index (χ1) is 9.09. The van der Waals surface area contributed by atoms with Crippen LogP contribution in [0.15, 0.2) is 18.2 Å². The van der Waals surface area contributed by atoms with E-state index in [1.54, 1.807) is 0 Å². The molecule has 104 valence electrons. The maximum absolute atomic E-state index is 13.6. The van der Waals surface area contributed by atoms with Gasteiger partial charge in [-0.3, -0.25) is 4.79 Å². The lowest BCUT2D eigenvalue weighted by atomic mass is 9.95. The molecule has 1 saturated carbocycles. The van der Waals surface area contributed by atoms with Gasteiger partial charge in [-0.1, -0.05) is 31.4 Å². The Kier molecular flexibility index (Phi) is 4.75. The lowest BCUT2D eigenvalue weighted by Gasteiger charge is -2.24. The highest BCUT2D eigenvalue weighted by molar-refractivity contribution is 6.30. The van der Waals surface area contributed by atoms with Crippen LogP contribution in [0, 0.1) is 11.6 Å². The van der Waals surface area contributed by atoms with Crippen LogP contribution in [0.25, 0.3) is 0 Å². The number of nitrogens with one attached hydrogen (secondary N) is 1. The maximum atomic E-state index is 13.6. The first kappa shape index (κ1) is 14.3. The molecule has 0 aliphatic heterocycles. The fraction of sp³-hybridized carbons (Fsp3) is 0.500. The topological polar surface area (TPSA) is 29.1 Å². The van der Waals surface area contributed by atoms with Crippen molar-refractivity contribution in [3.63, 3.8) is 0 Å². The molecule has 0 bridgehead atoms. The Hall–Kier alpha value is -1.16. The summed E-state index contributed by atoms with van der Waals surface area (Å²) in [5.74, 6) is -2.51. The Bertz CT molecular complexity index is 461. The normalized spacial score (nSPS) is 18.1. The first-order valence-electron chi connectivity index (χ1n) is 6.48. The second-order valence-corrected chi connectivity index (χ2v) is 5.29. The molecule has 1 N–H and O–H groups in total. The number of hydrogen-bond donors (Lipinski definition) is 1. The predicted molar refractivity (Wildman–Crippen MR) is 70.0 cm³/mol. The average Bonchev–Trinajstić information content (AvgIpc) is 2.42. The van der Waals surface area contributed by atoms with E-state index in [4.69, 9.17) is 11.6 Å². The minimum Gasteiger partial charge on any atom is -0.352 e. The third kappa shape index (κ3) is 3.44. The molecule has 1 aliphatic rings. The Balaban J connectivity index is 2.03. The van der Waals surface area contributed by atoms with Crippen molar-refractivity contribution >= 4 is 17.5 Å². The Morgan fingerprint density at radius 3 is 2.63 bits per heavy atom. The molecule has 1 unspecified atom stereocenters. The third-order valence-electron chi connectivity index (χ3n) is 3.44. The lowest BCUT2D eigenvalue weighted by Crippen LogP contribution is -2.38. The largest absolute Gasteiger partial charge is 0.352 e. The first-order valence-corrected chi connectivity index (χ1v) is 6.91. The van der Waals surface area contributed by atoms with Gasteiger partial charge in [0.2, 0.25) is 5.91 Å². The molecule has 5 heteroatoms. The molecule has 1 fully saturated rings. The highest BCUT2D eigenvalue weighted by Crippen LogP contribution is 2.26. The van der Waals surface area contributed by atoms with Crippen LogP contribution in [0.3, 0.4) is 0 Å². The Morgan fingerprint density at radius 1 is 1.26 bits per heavy atom. The van der Waals surface area contributed by atoms with Crippen molar-refractivity contribution in [3.05, 3.63) is 35.4 Å². The zero-order chi connectivity index (χ0) is 13.8. The fourth-order valence-electron chi connectivity index (χ4n) is 2.38. The number of carbonyl (C=O) groups is 1. The van der Waals surface area contributed by atoms with Crippen molar-refractivity contribution in [1.29, 1.82) is 0 Å². The summed E-state index contributed by atoms with van der Waals surface area (Å²) < 4.78 is 26.6. The van der Waals surface area contributed by atoms with Crippen LogP contribution in [-0.2, 0) is 4.79 Å². The minimum absolute atomic E-state index is 0.0964. The van der Waals surface area contributed by atoms with Gasteiger partial charge in [-0.05, 0) is 18.9 Å². The highest BCUT2D eigenvalue weighted by atomic mass is 35.5. The molecule has 1 aromatic rings. The van der Waals surface area contributed by atoms with E-state index in [9.17, 15) is 13.6 Å². The molecule has 1 amide bonds. The third-order valence-corrected chi connectivity index (χ3v) is 3.87. The van der Waals surface area contributed by atoms with Crippen molar-refractivity contribution in [1.82, 2.24) is 5.32 Å². The second kappa shape index (κ2) is 6.33. The molecule has 19 heavy (non-hydrogen) atoms. The summed E-state index contributed by atoms with van der Waals surface area (Å²) in [5, 5.41) is 1.61. The van der Waals surface area contributed by atoms with E-state index in [1.807, 2.05) is 0 Å². The van der Waals surface area contributed by atoms with Crippen molar-refractivity contribution < 1.29 is 13.6 Å². The van der Waals surface area contributed by atoms with E-state index < -0.39 is 22.9 Å². The van der Waals surface area contributed by atoms with E-state index >= 15 is 0 Å². The zero-order valence-corrected chi connectivity index (χ0v) is 11.2. The van der Waals surface area contributed by atoms with E-state index in [2.05, 4.69) is 5.32 Å². The van der Waals surface area contributed by atoms with Gasteiger partial charge in [0.1, 0.15) is 5.38 Å².